The number of halogens is 1. The molecule has 3 amide bonds. The van der Waals surface area contributed by atoms with Gasteiger partial charge in [0.1, 0.15) is 5.82 Å². The van der Waals surface area contributed by atoms with Gasteiger partial charge in [-0.2, -0.15) is 0 Å². The maximum absolute atomic E-state index is 13.2. The van der Waals surface area contributed by atoms with Gasteiger partial charge >= 0.3 is 0 Å². The van der Waals surface area contributed by atoms with Crippen molar-refractivity contribution in [3.05, 3.63) is 35.6 Å². The van der Waals surface area contributed by atoms with E-state index >= 15 is 0 Å². The molecule has 6 nitrogen and oxygen atoms in total. The Morgan fingerprint density at radius 2 is 1.93 bits per heavy atom. The third-order valence-electron chi connectivity index (χ3n) is 4.82. The zero-order valence-electron chi connectivity index (χ0n) is 16.2. The summed E-state index contributed by atoms with van der Waals surface area (Å²) in [5.74, 6) is -0.379. The van der Waals surface area contributed by atoms with Crippen molar-refractivity contribution in [3.8, 4) is 0 Å². The van der Waals surface area contributed by atoms with E-state index in [-0.39, 0.29) is 48.3 Å². The minimum atomic E-state index is -0.308. The van der Waals surface area contributed by atoms with Gasteiger partial charge in [0.2, 0.25) is 17.7 Å². The molecule has 0 saturated carbocycles. The minimum absolute atomic E-state index is 0.00446. The van der Waals surface area contributed by atoms with Crippen molar-refractivity contribution < 1.29 is 18.8 Å². The van der Waals surface area contributed by atoms with Crippen LogP contribution in [-0.2, 0) is 20.9 Å². The van der Waals surface area contributed by atoms with E-state index in [0.29, 0.717) is 26.2 Å². The summed E-state index contributed by atoms with van der Waals surface area (Å²) < 4.78 is 13.2. The van der Waals surface area contributed by atoms with Crippen LogP contribution in [0.15, 0.2) is 24.3 Å². The molecule has 1 aliphatic heterocycles. The summed E-state index contributed by atoms with van der Waals surface area (Å²) in [7, 11) is 0. The zero-order chi connectivity index (χ0) is 20.0. The second-order valence-corrected chi connectivity index (χ2v) is 7.28. The first-order valence-corrected chi connectivity index (χ1v) is 9.34. The number of carbonyl (C=O) groups excluding carboxylic acids is 3. The fourth-order valence-corrected chi connectivity index (χ4v) is 3.27. The Kier molecular flexibility index (Phi) is 7.33. The minimum Gasteiger partial charge on any atom is -0.356 e. The Balaban J connectivity index is 2.10. The quantitative estimate of drug-likeness (QED) is 0.824. The van der Waals surface area contributed by atoms with Gasteiger partial charge in [-0.05, 0) is 23.6 Å². The van der Waals surface area contributed by atoms with Crippen molar-refractivity contribution in [3.63, 3.8) is 0 Å². The number of amides is 3. The van der Waals surface area contributed by atoms with Crippen LogP contribution in [0.2, 0.25) is 0 Å². The molecule has 1 saturated heterocycles. The van der Waals surface area contributed by atoms with Crippen molar-refractivity contribution in [2.45, 2.75) is 46.2 Å². The largest absolute Gasteiger partial charge is 0.356 e. The Morgan fingerprint density at radius 1 is 1.26 bits per heavy atom. The molecule has 0 aliphatic carbocycles. The lowest BCUT2D eigenvalue weighted by atomic mass is 10.0. The van der Waals surface area contributed by atoms with E-state index in [4.69, 9.17) is 0 Å². The lowest BCUT2D eigenvalue weighted by Crippen LogP contribution is -2.47. The number of hydrogen-bond acceptors (Lipinski definition) is 3. The number of nitrogens with zero attached hydrogens (tertiary/aromatic N) is 2. The van der Waals surface area contributed by atoms with E-state index in [1.165, 1.54) is 19.1 Å². The third kappa shape index (κ3) is 6.05. The average molecular weight is 377 g/mol. The number of carbonyl (C=O) groups is 3. The summed E-state index contributed by atoms with van der Waals surface area (Å²) >= 11 is 0. The summed E-state index contributed by atoms with van der Waals surface area (Å²) in [6, 6.07) is 6.03. The number of nitrogens with one attached hydrogen (secondary N) is 1. The van der Waals surface area contributed by atoms with Crippen LogP contribution in [-0.4, -0.2) is 53.2 Å². The second-order valence-electron chi connectivity index (χ2n) is 7.28. The van der Waals surface area contributed by atoms with E-state index in [1.54, 1.807) is 21.9 Å². The van der Waals surface area contributed by atoms with Gasteiger partial charge in [-0.1, -0.05) is 26.0 Å². The van der Waals surface area contributed by atoms with Gasteiger partial charge in [0.25, 0.3) is 0 Å². The molecule has 1 aromatic rings. The standard InChI is InChI=1S/C20H28FN3O3/c1-14(2)18-13-23(19(26)8-10-22-15(3)25)11-9-20(27)24(18)12-16-4-6-17(21)7-5-16/h4-7,14,18H,8-13H2,1-3H3,(H,22,25). The van der Waals surface area contributed by atoms with Crippen LogP contribution in [0, 0.1) is 11.7 Å². The predicted octanol–water partition coefficient (Wildman–Crippen LogP) is 1.94. The summed E-state index contributed by atoms with van der Waals surface area (Å²) in [5, 5.41) is 2.63. The molecule has 0 bridgehead atoms. The van der Waals surface area contributed by atoms with Crippen molar-refractivity contribution in [2.24, 2.45) is 5.92 Å². The molecule has 0 radical (unpaired) electrons. The van der Waals surface area contributed by atoms with Crippen molar-refractivity contribution in [1.29, 1.82) is 0 Å². The fraction of sp³-hybridized carbons (Fsp3) is 0.550. The predicted molar refractivity (Wildman–Crippen MR) is 100 cm³/mol. The van der Waals surface area contributed by atoms with Crippen LogP contribution >= 0.6 is 0 Å². The maximum atomic E-state index is 13.2. The third-order valence-corrected chi connectivity index (χ3v) is 4.82. The number of benzene rings is 1. The number of hydrogen-bond donors (Lipinski definition) is 1. The Bertz CT molecular complexity index is 676. The summed E-state index contributed by atoms with van der Waals surface area (Å²) in [6.07, 6.45) is 0.479. The average Bonchev–Trinajstić information content (AvgIpc) is 2.76. The van der Waals surface area contributed by atoms with Crippen molar-refractivity contribution in [2.75, 3.05) is 19.6 Å². The topological polar surface area (TPSA) is 69.7 Å². The van der Waals surface area contributed by atoms with Crippen LogP contribution in [0.1, 0.15) is 39.2 Å². The van der Waals surface area contributed by atoms with Crippen LogP contribution in [0.3, 0.4) is 0 Å². The van der Waals surface area contributed by atoms with Gasteiger partial charge < -0.3 is 15.1 Å². The molecule has 2 rings (SSSR count). The second kappa shape index (κ2) is 9.48. The van der Waals surface area contributed by atoms with E-state index in [2.05, 4.69) is 5.32 Å². The molecule has 1 fully saturated rings. The first-order valence-electron chi connectivity index (χ1n) is 9.34. The van der Waals surface area contributed by atoms with Gasteiger partial charge in [0.05, 0.1) is 6.04 Å². The van der Waals surface area contributed by atoms with E-state index < -0.39 is 0 Å². The highest BCUT2D eigenvalue weighted by Crippen LogP contribution is 2.21. The first-order chi connectivity index (χ1) is 12.8. The molecule has 1 aliphatic rings. The normalized spacial score (nSPS) is 17.8. The van der Waals surface area contributed by atoms with Gasteiger partial charge in [0.15, 0.2) is 0 Å². The van der Waals surface area contributed by atoms with Gasteiger partial charge in [0, 0.05) is 45.9 Å². The molecule has 1 heterocycles. The van der Waals surface area contributed by atoms with Gasteiger partial charge in [-0.25, -0.2) is 4.39 Å². The Morgan fingerprint density at radius 3 is 2.52 bits per heavy atom. The molecule has 1 N–H and O–H groups in total. The number of rotatable bonds is 6. The maximum Gasteiger partial charge on any atom is 0.224 e. The highest BCUT2D eigenvalue weighted by molar-refractivity contribution is 5.81. The monoisotopic (exact) mass is 377 g/mol. The Labute approximate surface area is 159 Å². The molecular formula is C20H28FN3O3. The van der Waals surface area contributed by atoms with Crippen LogP contribution in [0.4, 0.5) is 4.39 Å². The van der Waals surface area contributed by atoms with Crippen LogP contribution < -0.4 is 5.32 Å². The van der Waals surface area contributed by atoms with Gasteiger partial charge in [-0.15, -0.1) is 0 Å². The SMILES string of the molecule is CC(=O)NCCC(=O)N1CCC(=O)N(Cc2ccc(F)cc2)C(C(C)C)C1. The molecule has 148 valence electrons. The molecule has 7 heteroatoms. The lowest BCUT2D eigenvalue weighted by Gasteiger charge is -2.34. The van der Waals surface area contributed by atoms with Crippen molar-refractivity contribution in [1.82, 2.24) is 15.1 Å². The first kappa shape index (κ1) is 20.9. The smallest absolute Gasteiger partial charge is 0.224 e. The molecular weight excluding hydrogens is 349 g/mol. The lowest BCUT2D eigenvalue weighted by molar-refractivity contribution is -0.134. The molecule has 1 atom stereocenters. The fourth-order valence-electron chi connectivity index (χ4n) is 3.27. The molecule has 1 aromatic carbocycles. The van der Waals surface area contributed by atoms with E-state index in [9.17, 15) is 18.8 Å². The summed E-state index contributed by atoms with van der Waals surface area (Å²) in [4.78, 5) is 39.7. The van der Waals surface area contributed by atoms with Gasteiger partial charge in [-0.3, -0.25) is 14.4 Å². The van der Waals surface area contributed by atoms with Crippen LogP contribution in [0.25, 0.3) is 0 Å². The van der Waals surface area contributed by atoms with E-state index in [0.717, 1.165) is 5.56 Å². The van der Waals surface area contributed by atoms with E-state index in [1.807, 2.05) is 13.8 Å². The summed E-state index contributed by atoms with van der Waals surface area (Å²) in [5.41, 5.74) is 0.862. The molecule has 1 unspecified atom stereocenters. The molecule has 27 heavy (non-hydrogen) atoms. The zero-order valence-corrected chi connectivity index (χ0v) is 16.2. The Hall–Kier alpha value is -2.44. The van der Waals surface area contributed by atoms with Crippen molar-refractivity contribution >= 4 is 17.7 Å². The molecule has 0 spiro atoms. The highest BCUT2D eigenvalue weighted by atomic mass is 19.1. The van der Waals surface area contributed by atoms with Crippen LogP contribution in [0.5, 0.6) is 0 Å². The molecule has 0 aromatic heterocycles. The summed E-state index contributed by atoms with van der Waals surface area (Å²) in [6.45, 7) is 7.00. The highest BCUT2D eigenvalue weighted by Gasteiger charge is 2.33.